The van der Waals surface area contributed by atoms with Crippen LogP contribution in [0.2, 0.25) is 0 Å². The van der Waals surface area contributed by atoms with E-state index in [-0.39, 0.29) is 5.91 Å². The summed E-state index contributed by atoms with van der Waals surface area (Å²) in [6, 6.07) is 7.80. The maximum Gasteiger partial charge on any atom is 0.214 e. The number of para-hydroxylation sites is 1. The number of carbonyl (C=O) groups excluding carboxylic acids is 1. The second-order valence-electron chi connectivity index (χ2n) is 2.47. The van der Waals surface area contributed by atoms with Gasteiger partial charge in [0.25, 0.3) is 0 Å². The molecule has 3 nitrogen and oxygen atoms in total. The predicted molar refractivity (Wildman–Crippen MR) is 50.5 cm³/mol. The molecule has 1 aromatic carbocycles. The van der Waals surface area contributed by atoms with Crippen LogP contribution in [0.25, 0.3) is 0 Å². The second kappa shape index (κ2) is 5.18. The largest absolute Gasteiger partial charge is 0.399 e. The molecule has 0 unspecified atom stereocenters. The summed E-state index contributed by atoms with van der Waals surface area (Å²) in [7, 11) is 0. The molecule has 66 valence electrons. The van der Waals surface area contributed by atoms with Gasteiger partial charge in [-0.15, -0.1) is 0 Å². The van der Waals surface area contributed by atoms with Gasteiger partial charge >= 0.3 is 0 Å². The number of aryl methyl sites for hydroxylation is 1. The first-order valence-corrected chi connectivity index (χ1v) is 3.61. The number of primary amides is 1. The molecule has 1 aromatic rings. The van der Waals surface area contributed by atoms with Crippen LogP contribution in [0.5, 0.6) is 0 Å². The summed E-state index contributed by atoms with van der Waals surface area (Å²) < 4.78 is 0. The fourth-order valence-corrected chi connectivity index (χ4v) is 0.587. The summed E-state index contributed by atoms with van der Waals surface area (Å²) in [5, 5.41) is 0. The Bertz CT molecular complexity index is 233. The van der Waals surface area contributed by atoms with Crippen molar-refractivity contribution in [2.75, 3.05) is 5.73 Å². The van der Waals surface area contributed by atoms with Crippen molar-refractivity contribution in [3.63, 3.8) is 0 Å². The normalized spacial score (nSPS) is 8.17. The van der Waals surface area contributed by atoms with Crippen LogP contribution in [0.3, 0.4) is 0 Å². The highest BCUT2D eigenvalue weighted by atomic mass is 16.1. The van der Waals surface area contributed by atoms with Gasteiger partial charge in [-0.1, -0.05) is 18.2 Å². The van der Waals surface area contributed by atoms with E-state index >= 15 is 0 Å². The van der Waals surface area contributed by atoms with Crippen molar-refractivity contribution < 1.29 is 4.79 Å². The Hall–Kier alpha value is -1.51. The summed E-state index contributed by atoms with van der Waals surface area (Å²) >= 11 is 0. The Morgan fingerprint density at radius 2 is 1.75 bits per heavy atom. The van der Waals surface area contributed by atoms with Crippen molar-refractivity contribution >= 4 is 11.6 Å². The van der Waals surface area contributed by atoms with Crippen molar-refractivity contribution in [3.8, 4) is 0 Å². The molecule has 12 heavy (non-hydrogen) atoms. The number of hydrogen-bond acceptors (Lipinski definition) is 2. The molecule has 0 bridgehead atoms. The number of amides is 1. The first kappa shape index (κ1) is 10.5. The molecule has 0 spiro atoms. The summed E-state index contributed by atoms with van der Waals surface area (Å²) in [6.07, 6.45) is 0. The quantitative estimate of drug-likeness (QED) is 0.566. The molecule has 1 amide bonds. The first-order chi connectivity index (χ1) is 5.54. The molecule has 0 atom stereocenters. The minimum atomic E-state index is -0.333. The van der Waals surface area contributed by atoms with E-state index in [0.717, 1.165) is 11.3 Å². The zero-order valence-electron chi connectivity index (χ0n) is 7.37. The number of benzene rings is 1. The molecular weight excluding hydrogens is 152 g/mol. The van der Waals surface area contributed by atoms with E-state index in [2.05, 4.69) is 5.73 Å². The van der Waals surface area contributed by atoms with Crippen LogP contribution in [0.4, 0.5) is 5.69 Å². The molecule has 4 N–H and O–H groups in total. The van der Waals surface area contributed by atoms with E-state index < -0.39 is 0 Å². The van der Waals surface area contributed by atoms with Crippen molar-refractivity contribution in [1.82, 2.24) is 0 Å². The third-order valence-electron chi connectivity index (χ3n) is 1.19. The SMILES string of the molecule is CC(N)=O.Cc1ccccc1N. The molecular formula is C9H14N2O. The smallest absolute Gasteiger partial charge is 0.214 e. The van der Waals surface area contributed by atoms with Crippen LogP contribution in [0, 0.1) is 6.92 Å². The van der Waals surface area contributed by atoms with Gasteiger partial charge in [-0.05, 0) is 18.6 Å². The predicted octanol–water partition coefficient (Wildman–Crippen LogP) is 1.07. The van der Waals surface area contributed by atoms with Gasteiger partial charge in [-0.3, -0.25) is 4.79 Å². The first-order valence-electron chi connectivity index (χ1n) is 3.61. The molecule has 3 heteroatoms. The lowest BCUT2D eigenvalue weighted by Crippen LogP contribution is -2.01. The highest BCUT2D eigenvalue weighted by Crippen LogP contribution is 2.06. The van der Waals surface area contributed by atoms with E-state index in [1.807, 2.05) is 31.2 Å². The van der Waals surface area contributed by atoms with Crippen LogP contribution < -0.4 is 11.5 Å². The molecule has 0 heterocycles. The van der Waals surface area contributed by atoms with Crippen LogP contribution in [0.1, 0.15) is 12.5 Å². The molecule has 0 aliphatic heterocycles. The number of carbonyl (C=O) groups is 1. The van der Waals surface area contributed by atoms with Gasteiger partial charge in [0.1, 0.15) is 0 Å². The van der Waals surface area contributed by atoms with Crippen LogP contribution in [-0.4, -0.2) is 5.91 Å². The molecule has 1 rings (SSSR count). The highest BCUT2D eigenvalue weighted by molar-refractivity contribution is 5.70. The minimum absolute atomic E-state index is 0.333. The van der Waals surface area contributed by atoms with Gasteiger partial charge in [-0.2, -0.15) is 0 Å². The zero-order valence-corrected chi connectivity index (χ0v) is 7.37. The minimum Gasteiger partial charge on any atom is -0.399 e. The molecule has 0 aliphatic carbocycles. The molecule has 0 fully saturated rings. The lowest BCUT2D eigenvalue weighted by atomic mass is 10.2. The van der Waals surface area contributed by atoms with Crippen LogP contribution in [-0.2, 0) is 4.79 Å². The van der Waals surface area contributed by atoms with Crippen molar-refractivity contribution in [3.05, 3.63) is 29.8 Å². The Labute approximate surface area is 72.4 Å². The Balaban J connectivity index is 0.000000261. The number of rotatable bonds is 0. The van der Waals surface area contributed by atoms with E-state index in [0.29, 0.717) is 0 Å². The third kappa shape index (κ3) is 5.29. The lowest BCUT2D eigenvalue weighted by molar-refractivity contribution is -0.115. The molecule has 0 saturated heterocycles. The Kier molecular flexibility index (Phi) is 4.53. The van der Waals surface area contributed by atoms with Crippen LogP contribution >= 0.6 is 0 Å². The average molecular weight is 166 g/mol. The number of hydrogen-bond donors (Lipinski definition) is 2. The fraction of sp³-hybridized carbons (Fsp3) is 0.222. The number of anilines is 1. The highest BCUT2D eigenvalue weighted by Gasteiger charge is 1.84. The molecule has 0 aromatic heterocycles. The van der Waals surface area contributed by atoms with Crippen molar-refractivity contribution in [2.45, 2.75) is 13.8 Å². The van der Waals surface area contributed by atoms with Gasteiger partial charge in [0.05, 0.1) is 0 Å². The van der Waals surface area contributed by atoms with Gasteiger partial charge in [0, 0.05) is 12.6 Å². The summed E-state index contributed by atoms with van der Waals surface area (Å²) in [5.41, 5.74) is 12.0. The van der Waals surface area contributed by atoms with E-state index in [9.17, 15) is 4.79 Å². The standard InChI is InChI=1S/C7H9N.C2H5NO/c1-6-4-2-3-5-7(6)8;1-2(3)4/h2-5H,8H2,1H3;1H3,(H2,3,4). The summed E-state index contributed by atoms with van der Waals surface area (Å²) in [4.78, 5) is 9.22. The number of nitrogen functional groups attached to an aromatic ring is 1. The van der Waals surface area contributed by atoms with E-state index in [1.54, 1.807) is 0 Å². The zero-order chi connectivity index (χ0) is 9.56. The molecule has 0 saturated carbocycles. The molecule has 0 aliphatic rings. The van der Waals surface area contributed by atoms with Crippen molar-refractivity contribution in [1.29, 1.82) is 0 Å². The summed E-state index contributed by atoms with van der Waals surface area (Å²) in [5.74, 6) is -0.333. The Morgan fingerprint density at radius 1 is 1.33 bits per heavy atom. The maximum absolute atomic E-state index is 9.22. The van der Waals surface area contributed by atoms with Gasteiger partial charge in [-0.25, -0.2) is 0 Å². The lowest BCUT2D eigenvalue weighted by Gasteiger charge is -1.93. The van der Waals surface area contributed by atoms with Crippen molar-refractivity contribution in [2.24, 2.45) is 5.73 Å². The van der Waals surface area contributed by atoms with Gasteiger partial charge in [0.2, 0.25) is 5.91 Å². The molecule has 0 radical (unpaired) electrons. The summed E-state index contributed by atoms with van der Waals surface area (Å²) in [6.45, 7) is 3.30. The van der Waals surface area contributed by atoms with Gasteiger partial charge < -0.3 is 11.5 Å². The fourth-order valence-electron chi connectivity index (χ4n) is 0.587. The van der Waals surface area contributed by atoms with E-state index in [4.69, 9.17) is 5.73 Å². The van der Waals surface area contributed by atoms with E-state index in [1.165, 1.54) is 6.92 Å². The topological polar surface area (TPSA) is 69.1 Å². The monoisotopic (exact) mass is 166 g/mol. The second-order valence-corrected chi connectivity index (χ2v) is 2.47. The average Bonchev–Trinajstić information content (AvgIpc) is 1.94. The van der Waals surface area contributed by atoms with Gasteiger partial charge in [0.15, 0.2) is 0 Å². The number of nitrogens with two attached hydrogens (primary N) is 2. The Morgan fingerprint density at radius 3 is 2.00 bits per heavy atom. The maximum atomic E-state index is 9.22. The third-order valence-corrected chi connectivity index (χ3v) is 1.19. The van der Waals surface area contributed by atoms with Crippen LogP contribution in [0.15, 0.2) is 24.3 Å².